The van der Waals surface area contributed by atoms with Crippen LogP contribution in [0.15, 0.2) is 53.4 Å². The minimum Gasteiger partial charge on any atom is -0.348 e. The largest absolute Gasteiger partial charge is 0.348 e. The summed E-state index contributed by atoms with van der Waals surface area (Å²) >= 11 is 0. The van der Waals surface area contributed by atoms with Gasteiger partial charge in [-0.15, -0.1) is 0 Å². The van der Waals surface area contributed by atoms with Gasteiger partial charge in [-0.05, 0) is 60.7 Å². The van der Waals surface area contributed by atoms with Crippen LogP contribution in [0.3, 0.4) is 0 Å². The van der Waals surface area contributed by atoms with Crippen LogP contribution in [0.1, 0.15) is 40.2 Å². The third kappa shape index (κ3) is 4.69. The Labute approximate surface area is 153 Å². The lowest BCUT2D eigenvalue weighted by molar-refractivity contribution is 0.0950. The molecule has 6 nitrogen and oxygen atoms in total. The van der Waals surface area contributed by atoms with E-state index in [1.54, 1.807) is 18.2 Å². The third-order valence-electron chi connectivity index (χ3n) is 4.62. The Morgan fingerprint density at radius 3 is 2.62 bits per heavy atom. The molecule has 2 aromatic rings. The third-order valence-corrected chi connectivity index (χ3v) is 5.55. The fraction of sp³-hybridized carbons (Fsp3) is 0.316. The van der Waals surface area contributed by atoms with E-state index < -0.39 is 10.0 Å². The predicted molar refractivity (Wildman–Crippen MR) is 100 cm³/mol. The quantitative estimate of drug-likeness (QED) is 0.743. The molecule has 1 saturated heterocycles. The fourth-order valence-corrected chi connectivity index (χ4v) is 3.67. The van der Waals surface area contributed by atoms with E-state index in [1.165, 1.54) is 17.7 Å². The zero-order chi connectivity index (χ0) is 18.6. The Morgan fingerprint density at radius 1 is 1.19 bits per heavy atom. The molecular weight excluding hydrogens is 350 g/mol. The second-order valence-corrected chi connectivity index (χ2v) is 8.10. The van der Waals surface area contributed by atoms with Crippen LogP contribution in [0.2, 0.25) is 0 Å². The van der Waals surface area contributed by atoms with Crippen molar-refractivity contribution in [3.05, 3.63) is 65.2 Å². The lowest BCUT2D eigenvalue weighted by atomic mass is 9.90. The van der Waals surface area contributed by atoms with E-state index in [4.69, 9.17) is 5.14 Å². The molecule has 0 radical (unpaired) electrons. The molecule has 2 aromatic carbocycles. The van der Waals surface area contributed by atoms with Gasteiger partial charge in [-0.25, -0.2) is 13.6 Å². The maximum Gasteiger partial charge on any atom is 0.251 e. The number of primary sulfonamides is 1. The minimum absolute atomic E-state index is 0.0568. The number of nitrogens with two attached hydrogens (primary N) is 1. The topological polar surface area (TPSA) is 101 Å². The van der Waals surface area contributed by atoms with Crippen molar-refractivity contribution in [1.29, 1.82) is 0 Å². The SMILES string of the molecule is NS(=O)(=O)c1ccc(CNC(=O)c2cccc(C3CCCNC3)c2)cc1. The van der Waals surface area contributed by atoms with Gasteiger partial charge in [-0.2, -0.15) is 0 Å². The average Bonchev–Trinajstić information content (AvgIpc) is 2.66. The number of rotatable bonds is 5. The van der Waals surface area contributed by atoms with Gasteiger partial charge in [0.05, 0.1) is 4.90 Å². The minimum atomic E-state index is -3.70. The van der Waals surface area contributed by atoms with Gasteiger partial charge in [0.2, 0.25) is 10.0 Å². The van der Waals surface area contributed by atoms with Crippen molar-refractivity contribution in [2.24, 2.45) is 5.14 Å². The number of amides is 1. The van der Waals surface area contributed by atoms with Crippen LogP contribution >= 0.6 is 0 Å². The first-order valence-corrected chi connectivity index (χ1v) is 10.2. The fourth-order valence-electron chi connectivity index (χ4n) is 3.15. The summed E-state index contributed by atoms with van der Waals surface area (Å²) in [4.78, 5) is 12.5. The van der Waals surface area contributed by atoms with Crippen LogP contribution in [-0.4, -0.2) is 27.4 Å². The number of benzene rings is 2. The zero-order valence-corrected chi connectivity index (χ0v) is 15.3. The van der Waals surface area contributed by atoms with Crippen LogP contribution < -0.4 is 15.8 Å². The predicted octanol–water partition coefficient (Wildman–Crippen LogP) is 1.73. The van der Waals surface area contributed by atoms with Crippen LogP contribution in [-0.2, 0) is 16.6 Å². The smallest absolute Gasteiger partial charge is 0.251 e. The van der Waals surface area contributed by atoms with E-state index in [0.717, 1.165) is 31.5 Å². The van der Waals surface area contributed by atoms with E-state index >= 15 is 0 Å². The van der Waals surface area contributed by atoms with Gasteiger partial charge in [0.15, 0.2) is 0 Å². The lowest BCUT2D eigenvalue weighted by Crippen LogP contribution is -2.28. The van der Waals surface area contributed by atoms with Crippen LogP contribution in [0.4, 0.5) is 0 Å². The van der Waals surface area contributed by atoms with Gasteiger partial charge < -0.3 is 10.6 Å². The molecule has 0 spiro atoms. The molecule has 4 N–H and O–H groups in total. The van der Waals surface area contributed by atoms with Gasteiger partial charge in [-0.3, -0.25) is 4.79 Å². The molecule has 138 valence electrons. The highest BCUT2D eigenvalue weighted by Crippen LogP contribution is 2.23. The van der Waals surface area contributed by atoms with Crippen molar-refractivity contribution in [3.63, 3.8) is 0 Å². The summed E-state index contributed by atoms with van der Waals surface area (Å²) in [6, 6.07) is 13.9. The summed E-state index contributed by atoms with van der Waals surface area (Å²) in [6.07, 6.45) is 2.28. The van der Waals surface area contributed by atoms with Gasteiger partial charge in [0.1, 0.15) is 0 Å². The molecule has 0 saturated carbocycles. The number of nitrogens with one attached hydrogen (secondary N) is 2. The normalized spacial score (nSPS) is 17.7. The van der Waals surface area contributed by atoms with Crippen molar-refractivity contribution < 1.29 is 13.2 Å². The molecule has 1 atom stereocenters. The molecule has 0 aromatic heterocycles. The molecule has 1 fully saturated rings. The molecule has 1 aliphatic heterocycles. The molecule has 7 heteroatoms. The molecule has 0 aliphatic carbocycles. The van der Waals surface area contributed by atoms with Crippen LogP contribution in [0.5, 0.6) is 0 Å². The number of hydrogen-bond acceptors (Lipinski definition) is 4. The van der Waals surface area contributed by atoms with Crippen molar-refractivity contribution >= 4 is 15.9 Å². The number of hydrogen-bond donors (Lipinski definition) is 3. The molecular formula is C19H23N3O3S. The van der Waals surface area contributed by atoms with Gasteiger partial charge >= 0.3 is 0 Å². The summed E-state index contributed by atoms with van der Waals surface area (Å²) in [5.41, 5.74) is 2.62. The van der Waals surface area contributed by atoms with Gasteiger partial charge in [-0.1, -0.05) is 24.3 Å². The summed E-state index contributed by atoms with van der Waals surface area (Å²) in [5.74, 6) is 0.299. The first-order chi connectivity index (χ1) is 12.4. The van der Waals surface area contributed by atoms with Crippen molar-refractivity contribution in [1.82, 2.24) is 10.6 Å². The zero-order valence-electron chi connectivity index (χ0n) is 14.4. The molecule has 1 aliphatic rings. The first-order valence-electron chi connectivity index (χ1n) is 8.64. The average molecular weight is 373 g/mol. The summed E-state index contributed by atoms with van der Waals surface area (Å²) in [5, 5.41) is 11.3. The van der Waals surface area contributed by atoms with Crippen LogP contribution in [0, 0.1) is 0 Å². The Bertz CT molecular complexity index is 873. The standard InChI is InChI=1S/C19H23N3O3S/c20-26(24,25)18-8-6-14(7-9-18)12-22-19(23)16-4-1-3-15(11-16)17-5-2-10-21-13-17/h1,3-4,6-9,11,17,21H,2,5,10,12-13H2,(H,22,23)(H2,20,24,25). The van der Waals surface area contributed by atoms with E-state index in [0.29, 0.717) is 18.0 Å². The molecule has 3 rings (SSSR count). The number of carbonyl (C=O) groups is 1. The van der Waals surface area contributed by atoms with E-state index in [-0.39, 0.29) is 10.8 Å². The Kier molecular flexibility index (Phi) is 5.70. The first kappa shape index (κ1) is 18.6. The molecule has 1 heterocycles. The number of piperidine rings is 1. The Balaban J connectivity index is 1.63. The Hall–Kier alpha value is -2.22. The highest BCUT2D eigenvalue weighted by atomic mass is 32.2. The highest BCUT2D eigenvalue weighted by Gasteiger charge is 2.16. The van der Waals surface area contributed by atoms with Gasteiger partial charge in [0, 0.05) is 18.7 Å². The maximum absolute atomic E-state index is 12.4. The molecule has 0 bridgehead atoms. The Morgan fingerprint density at radius 2 is 1.96 bits per heavy atom. The summed E-state index contributed by atoms with van der Waals surface area (Å²) in [7, 11) is -3.70. The monoisotopic (exact) mass is 373 g/mol. The lowest BCUT2D eigenvalue weighted by Gasteiger charge is -2.23. The van der Waals surface area contributed by atoms with Crippen molar-refractivity contribution in [3.8, 4) is 0 Å². The summed E-state index contributed by atoms with van der Waals surface area (Å²) < 4.78 is 22.5. The van der Waals surface area contributed by atoms with Crippen molar-refractivity contribution in [2.75, 3.05) is 13.1 Å². The maximum atomic E-state index is 12.4. The van der Waals surface area contributed by atoms with E-state index in [2.05, 4.69) is 16.7 Å². The molecule has 1 unspecified atom stereocenters. The van der Waals surface area contributed by atoms with E-state index in [9.17, 15) is 13.2 Å². The van der Waals surface area contributed by atoms with Gasteiger partial charge in [0.25, 0.3) is 5.91 Å². The van der Waals surface area contributed by atoms with Crippen LogP contribution in [0.25, 0.3) is 0 Å². The molecule has 26 heavy (non-hydrogen) atoms. The summed E-state index contributed by atoms with van der Waals surface area (Å²) in [6.45, 7) is 2.32. The molecule has 1 amide bonds. The number of sulfonamides is 1. The van der Waals surface area contributed by atoms with E-state index in [1.807, 2.05) is 12.1 Å². The second kappa shape index (κ2) is 7.99. The highest BCUT2D eigenvalue weighted by molar-refractivity contribution is 7.89. The second-order valence-electron chi connectivity index (χ2n) is 6.54. The van der Waals surface area contributed by atoms with Crippen molar-refractivity contribution in [2.45, 2.75) is 30.2 Å². The number of carbonyl (C=O) groups excluding carboxylic acids is 1.